The first-order chi connectivity index (χ1) is 17.0. The predicted octanol–water partition coefficient (Wildman–Crippen LogP) is 5.43. The maximum Gasteiger partial charge on any atom is 0.142 e. The van der Waals surface area contributed by atoms with Crippen LogP contribution in [0.4, 0.5) is 4.39 Å². The molecule has 5 aromatic heterocycles. The normalized spacial score (nSPS) is 11.7. The molecular weight excluding hydrogens is 441 g/mol. The third-order valence-corrected chi connectivity index (χ3v) is 6.01. The zero-order valence-corrected chi connectivity index (χ0v) is 19.2. The number of hydrogen-bond acceptors (Lipinski definition) is 5. The molecule has 0 aliphatic rings. The summed E-state index contributed by atoms with van der Waals surface area (Å²) in [6.45, 7) is 0.826. The first-order valence-corrected chi connectivity index (χ1v) is 11.2. The first-order valence-electron chi connectivity index (χ1n) is 11.2. The molecule has 6 aromatic rings. The molecule has 35 heavy (non-hydrogen) atoms. The van der Waals surface area contributed by atoms with Crippen molar-refractivity contribution in [1.82, 2.24) is 35.0 Å². The van der Waals surface area contributed by atoms with E-state index in [-0.39, 0.29) is 5.82 Å². The van der Waals surface area contributed by atoms with Crippen molar-refractivity contribution in [2.24, 2.45) is 0 Å². The SMILES string of the molecule is CN(C)Cc1cncc(-c2ccc3[nH]nc(-c4cc5c(-c6cncc(F)c6)cncc5[nH]4)c3c2)c1. The topological polar surface area (TPSA) is 86.4 Å². The highest BCUT2D eigenvalue weighted by Crippen LogP contribution is 2.34. The third kappa shape index (κ3) is 3.94. The number of halogens is 1. The van der Waals surface area contributed by atoms with E-state index in [9.17, 15) is 4.39 Å². The van der Waals surface area contributed by atoms with Crippen LogP contribution in [-0.2, 0) is 6.54 Å². The number of nitrogens with one attached hydrogen (secondary N) is 2. The summed E-state index contributed by atoms with van der Waals surface area (Å²) in [6, 6.07) is 11.9. The minimum absolute atomic E-state index is 0.384. The molecule has 7 nitrogen and oxygen atoms in total. The molecule has 0 radical (unpaired) electrons. The van der Waals surface area contributed by atoms with Gasteiger partial charge in [0.05, 0.1) is 29.1 Å². The van der Waals surface area contributed by atoms with Crippen LogP contribution in [0.5, 0.6) is 0 Å². The maximum absolute atomic E-state index is 13.8. The number of H-pyrrole nitrogens is 2. The van der Waals surface area contributed by atoms with Crippen LogP contribution in [0.2, 0.25) is 0 Å². The summed E-state index contributed by atoms with van der Waals surface area (Å²) >= 11 is 0. The molecule has 0 aliphatic heterocycles. The van der Waals surface area contributed by atoms with Gasteiger partial charge in [0.15, 0.2) is 0 Å². The molecule has 8 heteroatoms. The second-order valence-corrected chi connectivity index (χ2v) is 8.88. The Labute approximate surface area is 200 Å². The first kappa shape index (κ1) is 21.1. The lowest BCUT2D eigenvalue weighted by atomic mass is 10.0. The average Bonchev–Trinajstić information content (AvgIpc) is 3.47. The second-order valence-electron chi connectivity index (χ2n) is 8.88. The van der Waals surface area contributed by atoms with Crippen LogP contribution in [0.25, 0.3) is 55.4 Å². The number of pyridine rings is 3. The van der Waals surface area contributed by atoms with E-state index in [1.807, 2.05) is 38.6 Å². The summed E-state index contributed by atoms with van der Waals surface area (Å²) < 4.78 is 13.8. The lowest BCUT2D eigenvalue weighted by molar-refractivity contribution is 0.402. The molecular formula is C27H22FN7. The number of rotatable bonds is 5. The van der Waals surface area contributed by atoms with Crippen LogP contribution in [-0.4, -0.2) is 49.1 Å². The van der Waals surface area contributed by atoms with Gasteiger partial charge in [-0.2, -0.15) is 5.10 Å². The van der Waals surface area contributed by atoms with Gasteiger partial charge in [0.1, 0.15) is 11.5 Å². The number of nitrogens with zero attached hydrogens (tertiary/aromatic N) is 5. The number of aromatic amines is 2. The van der Waals surface area contributed by atoms with E-state index in [0.29, 0.717) is 5.56 Å². The van der Waals surface area contributed by atoms with Crippen LogP contribution in [0.1, 0.15) is 5.56 Å². The molecule has 0 saturated heterocycles. The summed E-state index contributed by atoms with van der Waals surface area (Å²) in [5.41, 5.74) is 8.19. The molecule has 0 saturated carbocycles. The smallest absolute Gasteiger partial charge is 0.142 e. The highest BCUT2D eigenvalue weighted by atomic mass is 19.1. The summed E-state index contributed by atoms with van der Waals surface area (Å²) in [5.74, 6) is -0.384. The summed E-state index contributed by atoms with van der Waals surface area (Å²) in [7, 11) is 4.09. The Balaban J connectivity index is 1.45. The molecule has 172 valence electrons. The van der Waals surface area contributed by atoms with Crippen molar-refractivity contribution < 1.29 is 4.39 Å². The molecule has 0 amide bonds. The molecule has 0 unspecified atom stereocenters. The molecule has 1 aromatic carbocycles. The second kappa shape index (κ2) is 8.41. The number of benzene rings is 1. The summed E-state index contributed by atoms with van der Waals surface area (Å²) in [6.07, 6.45) is 10.1. The lowest BCUT2D eigenvalue weighted by Crippen LogP contribution is -2.10. The lowest BCUT2D eigenvalue weighted by Gasteiger charge is -2.10. The Morgan fingerprint density at radius 3 is 2.46 bits per heavy atom. The minimum atomic E-state index is -0.384. The fourth-order valence-electron chi connectivity index (χ4n) is 4.46. The Bertz CT molecular complexity index is 1680. The fraction of sp³-hybridized carbons (Fsp3) is 0.111. The maximum atomic E-state index is 13.8. The zero-order valence-electron chi connectivity index (χ0n) is 19.2. The molecule has 2 N–H and O–H groups in total. The van der Waals surface area contributed by atoms with Crippen LogP contribution in [0.3, 0.4) is 0 Å². The van der Waals surface area contributed by atoms with Crippen LogP contribution >= 0.6 is 0 Å². The van der Waals surface area contributed by atoms with Gasteiger partial charge in [-0.3, -0.25) is 20.1 Å². The Morgan fingerprint density at radius 1 is 0.771 bits per heavy atom. The van der Waals surface area contributed by atoms with E-state index in [1.165, 1.54) is 12.3 Å². The van der Waals surface area contributed by atoms with Crippen molar-refractivity contribution in [3.05, 3.63) is 85.0 Å². The average molecular weight is 464 g/mol. The van der Waals surface area contributed by atoms with Crippen molar-refractivity contribution in [2.45, 2.75) is 6.54 Å². The molecule has 6 rings (SSSR count). The standard InChI is InChI=1S/C27H22FN7/c1-35(2)15-16-5-18(10-29-9-16)17-3-4-24-22(7-17)27(34-33-24)25-8-21-23(13-31-14-26(21)32-25)19-6-20(28)12-30-11-19/h3-14,32H,15H2,1-2H3,(H,33,34). The van der Waals surface area contributed by atoms with E-state index in [2.05, 4.69) is 53.2 Å². The zero-order chi connectivity index (χ0) is 23.9. The summed E-state index contributed by atoms with van der Waals surface area (Å²) in [5, 5.41) is 9.65. The van der Waals surface area contributed by atoms with Crippen molar-refractivity contribution in [2.75, 3.05) is 14.1 Å². The van der Waals surface area contributed by atoms with E-state index in [4.69, 9.17) is 0 Å². The van der Waals surface area contributed by atoms with E-state index < -0.39 is 0 Å². The van der Waals surface area contributed by atoms with Gasteiger partial charge in [0, 0.05) is 58.8 Å². The quantitative estimate of drug-likeness (QED) is 0.356. The Hall–Kier alpha value is -4.43. The van der Waals surface area contributed by atoms with E-state index in [1.54, 1.807) is 18.6 Å². The summed E-state index contributed by atoms with van der Waals surface area (Å²) in [4.78, 5) is 18.3. The van der Waals surface area contributed by atoms with Crippen LogP contribution < -0.4 is 0 Å². The van der Waals surface area contributed by atoms with Gasteiger partial charge in [0.2, 0.25) is 0 Å². The highest BCUT2D eigenvalue weighted by molar-refractivity contribution is 6.01. The van der Waals surface area contributed by atoms with Crippen LogP contribution in [0.15, 0.2) is 73.6 Å². The van der Waals surface area contributed by atoms with Crippen molar-refractivity contribution >= 4 is 21.8 Å². The van der Waals surface area contributed by atoms with Crippen LogP contribution in [0, 0.1) is 5.82 Å². The largest absolute Gasteiger partial charge is 0.352 e. The van der Waals surface area contributed by atoms with Crippen molar-refractivity contribution in [1.29, 1.82) is 0 Å². The van der Waals surface area contributed by atoms with Gasteiger partial charge in [-0.1, -0.05) is 6.07 Å². The van der Waals surface area contributed by atoms with Crippen molar-refractivity contribution in [3.8, 4) is 33.6 Å². The van der Waals surface area contributed by atoms with Gasteiger partial charge in [-0.05, 0) is 55.6 Å². The van der Waals surface area contributed by atoms with Gasteiger partial charge in [-0.25, -0.2) is 4.39 Å². The van der Waals surface area contributed by atoms with Crippen molar-refractivity contribution in [3.63, 3.8) is 0 Å². The van der Waals surface area contributed by atoms with Gasteiger partial charge >= 0.3 is 0 Å². The van der Waals surface area contributed by atoms with Gasteiger partial charge in [-0.15, -0.1) is 0 Å². The number of hydrogen-bond donors (Lipinski definition) is 2. The molecule has 0 spiro atoms. The predicted molar refractivity (Wildman–Crippen MR) is 135 cm³/mol. The fourth-order valence-corrected chi connectivity index (χ4v) is 4.46. The molecule has 0 aliphatic carbocycles. The minimum Gasteiger partial charge on any atom is -0.352 e. The van der Waals surface area contributed by atoms with Gasteiger partial charge < -0.3 is 9.88 Å². The number of aromatic nitrogens is 6. The molecule has 0 fully saturated rings. The third-order valence-electron chi connectivity index (χ3n) is 6.01. The highest BCUT2D eigenvalue weighted by Gasteiger charge is 2.15. The van der Waals surface area contributed by atoms with E-state index in [0.717, 1.165) is 62.0 Å². The Kier molecular flexibility index (Phi) is 5.08. The number of fused-ring (bicyclic) bond motifs is 2. The molecule has 0 atom stereocenters. The molecule has 0 bridgehead atoms. The monoisotopic (exact) mass is 463 g/mol. The molecule has 5 heterocycles. The van der Waals surface area contributed by atoms with Gasteiger partial charge in [0.25, 0.3) is 0 Å². The van der Waals surface area contributed by atoms with E-state index >= 15 is 0 Å². The Morgan fingerprint density at radius 2 is 1.60 bits per heavy atom.